The number of aromatic nitrogens is 1. The van der Waals surface area contributed by atoms with E-state index in [1.54, 1.807) is 25.3 Å². The zero-order chi connectivity index (χ0) is 18.4. The number of benzene rings is 2. The molecule has 0 aliphatic rings. The van der Waals surface area contributed by atoms with Crippen molar-refractivity contribution in [1.82, 2.24) is 10.3 Å². The van der Waals surface area contributed by atoms with Crippen molar-refractivity contribution in [3.8, 4) is 10.9 Å². The highest BCUT2D eigenvalue weighted by Gasteiger charge is 2.05. The quantitative estimate of drug-likeness (QED) is 0.660. The summed E-state index contributed by atoms with van der Waals surface area (Å²) in [5.74, 6) is 0.456. The first kappa shape index (κ1) is 18.1. The second kappa shape index (κ2) is 8.58. The third-order valence-electron chi connectivity index (χ3n) is 3.89. The van der Waals surface area contributed by atoms with Crippen molar-refractivity contribution in [2.45, 2.75) is 26.3 Å². The van der Waals surface area contributed by atoms with E-state index in [-0.39, 0.29) is 11.7 Å². The Morgan fingerprint density at radius 1 is 1.19 bits per heavy atom. The smallest absolute Gasteiger partial charge is 0.278 e. The summed E-state index contributed by atoms with van der Waals surface area (Å²) in [4.78, 5) is 16.1. The number of nitrogens with zero attached hydrogens (tertiary/aromatic N) is 1. The van der Waals surface area contributed by atoms with Gasteiger partial charge in [0.15, 0.2) is 0 Å². The maximum Gasteiger partial charge on any atom is 0.278 e. The van der Waals surface area contributed by atoms with Crippen LogP contribution in [0.2, 0.25) is 0 Å². The molecule has 0 fully saturated rings. The molecule has 1 heterocycles. The monoisotopic (exact) mass is 370 g/mol. The standard InChI is InChI=1S/C20H19FN2O2S/c1-14-12-15(4-8-18(14)21)5-9-19(24)23-13-16-2-6-17(7-3-16)25-20-22-10-11-26-20/h2-4,6-8,10-12H,5,9,13H2,1H3,(H,23,24). The van der Waals surface area contributed by atoms with E-state index < -0.39 is 0 Å². The summed E-state index contributed by atoms with van der Waals surface area (Å²) in [6, 6.07) is 12.5. The second-order valence-corrected chi connectivity index (χ2v) is 6.76. The van der Waals surface area contributed by atoms with Crippen LogP contribution in [0.25, 0.3) is 0 Å². The van der Waals surface area contributed by atoms with E-state index in [4.69, 9.17) is 4.74 Å². The lowest BCUT2D eigenvalue weighted by atomic mass is 10.1. The van der Waals surface area contributed by atoms with Crippen molar-refractivity contribution in [1.29, 1.82) is 0 Å². The van der Waals surface area contributed by atoms with Gasteiger partial charge in [-0.15, -0.1) is 0 Å². The summed E-state index contributed by atoms with van der Waals surface area (Å²) < 4.78 is 18.8. The van der Waals surface area contributed by atoms with Crippen molar-refractivity contribution in [2.24, 2.45) is 0 Å². The molecule has 0 radical (unpaired) electrons. The number of carbonyl (C=O) groups is 1. The molecule has 0 bridgehead atoms. The molecule has 0 aliphatic carbocycles. The number of hydrogen-bond donors (Lipinski definition) is 1. The van der Waals surface area contributed by atoms with Crippen LogP contribution in [-0.2, 0) is 17.8 Å². The van der Waals surface area contributed by atoms with Crippen molar-refractivity contribution in [3.63, 3.8) is 0 Å². The van der Waals surface area contributed by atoms with E-state index in [9.17, 15) is 9.18 Å². The Balaban J connectivity index is 1.44. The van der Waals surface area contributed by atoms with Crippen LogP contribution < -0.4 is 10.1 Å². The van der Waals surface area contributed by atoms with Crippen LogP contribution in [0.5, 0.6) is 10.9 Å². The number of carbonyl (C=O) groups excluding carboxylic acids is 1. The molecule has 4 nitrogen and oxygen atoms in total. The molecule has 0 saturated carbocycles. The Morgan fingerprint density at radius 2 is 1.96 bits per heavy atom. The summed E-state index contributed by atoms with van der Waals surface area (Å²) >= 11 is 1.43. The average molecular weight is 370 g/mol. The van der Waals surface area contributed by atoms with Crippen LogP contribution in [0.15, 0.2) is 54.0 Å². The van der Waals surface area contributed by atoms with E-state index in [2.05, 4.69) is 10.3 Å². The number of nitrogens with one attached hydrogen (secondary N) is 1. The van der Waals surface area contributed by atoms with Crippen LogP contribution in [0.1, 0.15) is 23.1 Å². The molecule has 1 aromatic heterocycles. The number of aryl methyl sites for hydroxylation is 2. The van der Waals surface area contributed by atoms with Gasteiger partial charge < -0.3 is 10.1 Å². The van der Waals surface area contributed by atoms with Gasteiger partial charge in [0.1, 0.15) is 11.6 Å². The normalized spacial score (nSPS) is 10.5. The lowest BCUT2D eigenvalue weighted by Crippen LogP contribution is -2.22. The minimum atomic E-state index is -0.222. The molecule has 2 aromatic carbocycles. The Labute approximate surface area is 155 Å². The topological polar surface area (TPSA) is 51.2 Å². The maximum absolute atomic E-state index is 13.2. The van der Waals surface area contributed by atoms with Crippen molar-refractivity contribution >= 4 is 17.2 Å². The Kier molecular flexibility index (Phi) is 5.96. The Morgan fingerprint density at radius 3 is 2.65 bits per heavy atom. The minimum absolute atomic E-state index is 0.0323. The summed E-state index contributed by atoms with van der Waals surface area (Å²) in [6.07, 6.45) is 2.65. The van der Waals surface area contributed by atoms with Gasteiger partial charge in [-0.1, -0.05) is 35.6 Å². The number of thiazole rings is 1. The summed E-state index contributed by atoms with van der Waals surface area (Å²) in [5.41, 5.74) is 2.55. The van der Waals surface area contributed by atoms with E-state index in [0.717, 1.165) is 11.1 Å². The van der Waals surface area contributed by atoms with E-state index in [1.165, 1.54) is 17.4 Å². The van der Waals surface area contributed by atoms with Gasteiger partial charge in [0.25, 0.3) is 5.19 Å². The first-order chi connectivity index (χ1) is 12.6. The first-order valence-electron chi connectivity index (χ1n) is 8.28. The molecule has 0 saturated heterocycles. The third kappa shape index (κ3) is 5.13. The van der Waals surface area contributed by atoms with Gasteiger partial charge in [0.2, 0.25) is 5.91 Å². The maximum atomic E-state index is 13.2. The van der Waals surface area contributed by atoms with Crippen LogP contribution in [0, 0.1) is 12.7 Å². The Bertz CT molecular complexity index is 864. The average Bonchev–Trinajstić information content (AvgIpc) is 3.15. The molecule has 1 amide bonds. The predicted octanol–water partition coefficient (Wildman–Crippen LogP) is 4.63. The largest absolute Gasteiger partial charge is 0.431 e. The number of amides is 1. The molecular weight excluding hydrogens is 351 g/mol. The molecule has 26 heavy (non-hydrogen) atoms. The highest BCUT2D eigenvalue weighted by Crippen LogP contribution is 2.23. The van der Waals surface area contributed by atoms with Crippen LogP contribution >= 0.6 is 11.3 Å². The molecule has 0 aliphatic heterocycles. The van der Waals surface area contributed by atoms with E-state index in [1.807, 2.05) is 29.6 Å². The van der Waals surface area contributed by atoms with E-state index in [0.29, 0.717) is 35.9 Å². The summed E-state index contributed by atoms with van der Waals surface area (Å²) in [6.45, 7) is 2.18. The molecule has 0 spiro atoms. The van der Waals surface area contributed by atoms with Crippen LogP contribution in [0.3, 0.4) is 0 Å². The summed E-state index contributed by atoms with van der Waals surface area (Å²) in [5, 5.41) is 5.35. The molecule has 3 aromatic rings. The number of hydrogen-bond acceptors (Lipinski definition) is 4. The molecule has 6 heteroatoms. The van der Waals surface area contributed by atoms with Gasteiger partial charge in [-0.25, -0.2) is 9.37 Å². The zero-order valence-corrected chi connectivity index (χ0v) is 15.2. The predicted molar refractivity (Wildman–Crippen MR) is 99.9 cm³/mol. The molecular formula is C20H19FN2O2S. The lowest BCUT2D eigenvalue weighted by Gasteiger charge is -2.07. The molecule has 1 N–H and O–H groups in total. The van der Waals surface area contributed by atoms with Gasteiger partial charge in [0, 0.05) is 24.5 Å². The van der Waals surface area contributed by atoms with Crippen molar-refractivity contribution in [2.75, 3.05) is 0 Å². The van der Waals surface area contributed by atoms with Gasteiger partial charge >= 0.3 is 0 Å². The third-order valence-corrected chi connectivity index (χ3v) is 4.54. The highest BCUT2D eigenvalue weighted by atomic mass is 32.1. The minimum Gasteiger partial charge on any atom is -0.431 e. The zero-order valence-electron chi connectivity index (χ0n) is 14.4. The SMILES string of the molecule is Cc1cc(CCC(=O)NCc2ccc(Oc3nccs3)cc2)ccc1F. The molecule has 134 valence electrons. The van der Waals surface area contributed by atoms with Crippen molar-refractivity contribution < 1.29 is 13.9 Å². The number of halogens is 1. The molecule has 0 unspecified atom stereocenters. The number of rotatable bonds is 7. The van der Waals surface area contributed by atoms with Gasteiger partial charge in [-0.05, 0) is 48.2 Å². The lowest BCUT2D eigenvalue weighted by molar-refractivity contribution is -0.121. The van der Waals surface area contributed by atoms with Gasteiger partial charge in [0.05, 0.1) is 0 Å². The fourth-order valence-corrected chi connectivity index (χ4v) is 2.95. The highest BCUT2D eigenvalue weighted by molar-refractivity contribution is 7.11. The van der Waals surface area contributed by atoms with Gasteiger partial charge in [-0.3, -0.25) is 4.79 Å². The molecule has 3 rings (SSSR count). The first-order valence-corrected chi connectivity index (χ1v) is 9.16. The van der Waals surface area contributed by atoms with Crippen LogP contribution in [0.4, 0.5) is 4.39 Å². The number of ether oxygens (including phenoxy) is 1. The van der Waals surface area contributed by atoms with Crippen LogP contribution in [-0.4, -0.2) is 10.9 Å². The fraction of sp³-hybridized carbons (Fsp3) is 0.200. The van der Waals surface area contributed by atoms with Gasteiger partial charge in [-0.2, -0.15) is 0 Å². The van der Waals surface area contributed by atoms with Crippen molar-refractivity contribution in [3.05, 3.63) is 76.5 Å². The second-order valence-electron chi connectivity index (χ2n) is 5.90. The fourth-order valence-electron chi connectivity index (χ4n) is 2.45. The molecule has 0 atom stereocenters. The van der Waals surface area contributed by atoms with E-state index >= 15 is 0 Å². The Hall–Kier alpha value is -2.73. The summed E-state index contributed by atoms with van der Waals surface area (Å²) in [7, 11) is 0.